The normalized spacial score (nSPS) is 12.3. The van der Waals surface area contributed by atoms with Crippen molar-refractivity contribution in [3.8, 4) is 22.3 Å². The van der Waals surface area contributed by atoms with Gasteiger partial charge in [-0.05, 0) is 117 Å². The van der Waals surface area contributed by atoms with Crippen molar-refractivity contribution >= 4 is 39.0 Å². The summed E-state index contributed by atoms with van der Waals surface area (Å²) in [7, 11) is 0. The Balaban J connectivity index is 1.74. The molecular weight excluding hydrogens is 551 g/mol. The van der Waals surface area contributed by atoms with Gasteiger partial charge in [-0.2, -0.15) is 0 Å². The van der Waals surface area contributed by atoms with Crippen LogP contribution in [0.5, 0.6) is 0 Å². The Morgan fingerprint density at radius 1 is 0.625 bits per heavy atom. The van der Waals surface area contributed by atoms with Gasteiger partial charge in [0, 0.05) is 40.4 Å². The van der Waals surface area contributed by atoms with Gasteiger partial charge in [0.15, 0.2) is 0 Å². The second-order valence-corrected chi connectivity index (χ2v) is 12.3. The molecule has 0 fully saturated rings. The molecule has 198 valence electrons. The standard InChI is InChI=1S/C36H34BBrN2/c1-20-14-22(3)33(25(6)31(20)27-10-8-12-39-18-27)37-34-23(4)15-24(5)36(38)30(34)17-29-16-21(2)32(26(7)35(29)37)28-11-9-13-40-19-28/h8-16,18-19H,17H2,1-7H3. The molecule has 0 aliphatic carbocycles. The topological polar surface area (TPSA) is 25.8 Å². The second-order valence-electron chi connectivity index (χ2n) is 11.5. The number of benzene rings is 3. The van der Waals surface area contributed by atoms with Crippen LogP contribution >= 0.6 is 15.9 Å². The maximum absolute atomic E-state index is 4.47. The summed E-state index contributed by atoms with van der Waals surface area (Å²) in [6.07, 6.45) is 8.64. The van der Waals surface area contributed by atoms with Crippen molar-refractivity contribution in [3.63, 3.8) is 0 Å². The minimum absolute atomic E-state index is 0.127. The van der Waals surface area contributed by atoms with Gasteiger partial charge in [0.2, 0.25) is 6.71 Å². The Morgan fingerprint density at radius 2 is 1.15 bits per heavy atom. The van der Waals surface area contributed by atoms with Crippen LogP contribution < -0.4 is 16.4 Å². The molecule has 0 saturated heterocycles. The Hall–Kier alpha value is -3.50. The first-order valence-electron chi connectivity index (χ1n) is 14.0. The van der Waals surface area contributed by atoms with E-state index in [2.05, 4.69) is 105 Å². The summed E-state index contributed by atoms with van der Waals surface area (Å²) >= 11 is 4.02. The molecule has 3 aromatic carbocycles. The smallest absolute Gasteiger partial charge is 0.243 e. The number of fused-ring (bicyclic) bond motifs is 2. The van der Waals surface area contributed by atoms with Crippen molar-refractivity contribution in [2.75, 3.05) is 0 Å². The lowest BCUT2D eigenvalue weighted by Crippen LogP contribution is -2.60. The molecule has 0 N–H and O–H groups in total. The molecule has 0 amide bonds. The summed E-state index contributed by atoms with van der Waals surface area (Å²) in [5.74, 6) is 0. The van der Waals surface area contributed by atoms with E-state index >= 15 is 0 Å². The molecule has 0 saturated carbocycles. The first kappa shape index (κ1) is 26.7. The van der Waals surface area contributed by atoms with Gasteiger partial charge in [-0.3, -0.25) is 9.97 Å². The first-order chi connectivity index (χ1) is 19.2. The molecule has 0 spiro atoms. The second kappa shape index (κ2) is 10.2. The molecule has 4 heteroatoms. The third-order valence-corrected chi connectivity index (χ3v) is 9.97. The quantitative estimate of drug-likeness (QED) is 0.206. The summed E-state index contributed by atoms with van der Waals surface area (Å²) in [4.78, 5) is 8.95. The lowest BCUT2D eigenvalue weighted by Gasteiger charge is -2.35. The molecule has 40 heavy (non-hydrogen) atoms. The van der Waals surface area contributed by atoms with E-state index in [1.807, 2.05) is 36.9 Å². The fourth-order valence-corrected chi connectivity index (χ4v) is 7.91. The molecule has 2 aromatic heterocycles. The fraction of sp³-hybridized carbons (Fsp3) is 0.222. The predicted molar refractivity (Wildman–Crippen MR) is 174 cm³/mol. The lowest BCUT2D eigenvalue weighted by atomic mass is 9.31. The number of aryl methyl sites for hydroxylation is 5. The van der Waals surface area contributed by atoms with Gasteiger partial charge < -0.3 is 0 Å². The highest BCUT2D eigenvalue weighted by Gasteiger charge is 2.38. The third-order valence-electron chi connectivity index (χ3n) is 8.87. The molecule has 6 rings (SSSR count). The summed E-state index contributed by atoms with van der Waals surface area (Å²) in [6, 6.07) is 15.6. The maximum atomic E-state index is 4.47. The number of nitrogens with zero attached hydrogens (tertiary/aromatic N) is 2. The highest BCUT2D eigenvalue weighted by molar-refractivity contribution is 9.10. The van der Waals surface area contributed by atoms with Crippen LogP contribution in [-0.2, 0) is 6.42 Å². The van der Waals surface area contributed by atoms with Crippen LogP contribution in [0.15, 0.2) is 71.7 Å². The third kappa shape index (κ3) is 4.16. The minimum atomic E-state index is 0.127. The molecule has 2 nitrogen and oxygen atoms in total. The van der Waals surface area contributed by atoms with Crippen LogP contribution in [0, 0.1) is 48.5 Å². The van der Waals surface area contributed by atoms with Crippen molar-refractivity contribution in [1.82, 2.24) is 9.97 Å². The fourth-order valence-electron chi connectivity index (χ4n) is 7.44. The van der Waals surface area contributed by atoms with Crippen LogP contribution in [0.25, 0.3) is 22.3 Å². The monoisotopic (exact) mass is 584 g/mol. The summed E-state index contributed by atoms with van der Waals surface area (Å²) in [6.45, 7) is 16.1. The van der Waals surface area contributed by atoms with E-state index in [1.165, 1.54) is 93.2 Å². The highest BCUT2D eigenvalue weighted by atomic mass is 79.9. The van der Waals surface area contributed by atoms with Gasteiger partial charge in [-0.15, -0.1) is 0 Å². The Bertz CT molecular complexity index is 1740. The van der Waals surface area contributed by atoms with Crippen molar-refractivity contribution in [2.45, 2.75) is 54.9 Å². The van der Waals surface area contributed by atoms with Crippen LogP contribution in [0.1, 0.15) is 50.1 Å². The van der Waals surface area contributed by atoms with Gasteiger partial charge in [-0.25, -0.2) is 0 Å². The van der Waals surface area contributed by atoms with E-state index < -0.39 is 0 Å². The summed E-state index contributed by atoms with van der Waals surface area (Å²) in [5, 5.41) is 0. The number of rotatable bonds is 3. The van der Waals surface area contributed by atoms with Crippen molar-refractivity contribution in [3.05, 3.63) is 122 Å². The summed E-state index contributed by atoms with van der Waals surface area (Å²) in [5.41, 5.74) is 21.4. The maximum Gasteiger partial charge on any atom is 0.243 e. The van der Waals surface area contributed by atoms with Gasteiger partial charge in [0.25, 0.3) is 0 Å². The Kier molecular flexibility index (Phi) is 6.78. The average molecular weight is 585 g/mol. The Morgan fingerprint density at radius 3 is 1.73 bits per heavy atom. The lowest BCUT2D eigenvalue weighted by molar-refractivity contribution is 1.15. The Labute approximate surface area is 247 Å². The number of pyridine rings is 2. The largest absolute Gasteiger partial charge is 0.264 e. The van der Waals surface area contributed by atoms with Gasteiger partial charge >= 0.3 is 0 Å². The van der Waals surface area contributed by atoms with Gasteiger partial charge in [-0.1, -0.05) is 73.8 Å². The number of halogens is 1. The first-order valence-corrected chi connectivity index (χ1v) is 14.8. The zero-order valence-electron chi connectivity index (χ0n) is 24.4. The van der Waals surface area contributed by atoms with Crippen molar-refractivity contribution in [2.24, 2.45) is 0 Å². The zero-order chi connectivity index (χ0) is 28.3. The molecule has 0 unspecified atom stereocenters. The van der Waals surface area contributed by atoms with Crippen molar-refractivity contribution in [1.29, 1.82) is 0 Å². The molecular formula is C36H34BBrN2. The highest BCUT2D eigenvalue weighted by Crippen LogP contribution is 2.34. The van der Waals surface area contributed by atoms with E-state index in [0.29, 0.717) is 0 Å². The minimum Gasteiger partial charge on any atom is -0.264 e. The van der Waals surface area contributed by atoms with E-state index in [0.717, 1.165) is 6.42 Å². The van der Waals surface area contributed by atoms with Gasteiger partial charge in [0.05, 0.1) is 0 Å². The molecule has 3 heterocycles. The SMILES string of the molecule is Cc1cc(C)c2c(c1Br)Cc1cc(C)c(-c3cccnc3)c(C)c1B2c1c(C)cc(C)c(-c2cccnc2)c1C. The van der Waals surface area contributed by atoms with Crippen LogP contribution in [0.3, 0.4) is 0 Å². The molecule has 5 aromatic rings. The molecule has 0 atom stereocenters. The van der Waals surface area contributed by atoms with E-state index in [-0.39, 0.29) is 6.71 Å². The predicted octanol–water partition coefficient (Wildman–Crippen LogP) is 7.15. The summed E-state index contributed by atoms with van der Waals surface area (Å²) < 4.78 is 1.24. The molecule has 1 aliphatic heterocycles. The van der Waals surface area contributed by atoms with E-state index in [9.17, 15) is 0 Å². The van der Waals surface area contributed by atoms with Crippen LogP contribution in [0.4, 0.5) is 0 Å². The average Bonchev–Trinajstić information content (AvgIpc) is 2.92. The van der Waals surface area contributed by atoms with E-state index in [4.69, 9.17) is 0 Å². The number of aromatic nitrogens is 2. The van der Waals surface area contributed by atoms with E-state index in [1.54, 1.807) is 0 Å². The molecule has 0 radical (unpaired) electrons. The van der Waals surface area contributed by atoms with Crippen LogP contribution in [0.2, 0.25) is 0 Å². The zero-order valence-corrected chi connectivity index (χ0v) is 26.0. The van der Waals surface area contributed by atoms with Crippen LogP contribution in [-0.4, -0.2) is 16.7 Å². The van der Waals surface area contributed by atoms with Crippen molar-refractivity contribution < 1.29 is 0 Å². The molecule has 1 aliphatic rings. The number of hydrogen-bond acceptors (Lipinski definition) is 2. The molecule has 0 bridgehead atoms. The number of hydrogen-bond donors (Lipinski definition) is 0. The van der Waals surface area contributed by atoms with Gasteiger partial charge in [0.1, 0.15) is 0 Å².